The van der Waals surface area contributed by atoms with Gasteiger partial charge in [-0.05, 0) is 31.9 Å². The van der Waals surface area contributed by atoms with Crippen LogP contribution in [-0.4, -0.2) is 50.0 Å². The molecule has 1 unspecified atom stereocenters. The number of carbonyl (C=O) groups is 2. The maximum absolute atomic E-state index is 11.6. The minimum atomic E-state index is -0.250. The summed E-state index contributed by atoms with van der Waals surface area (Å²) >= 11 is 0. The summed E-state index contributed by atoms with van der Waals surface area (Å²) in [7, 11) is 0. The molecule has 1 fully saturated rings. The van der Waals surface area contributed by atoms with Crippen LogP contribution in [0.5, 0.6) is 0 Å². The molecule has 7 heteroatoms. The lowest BCUT2D eigenvalue weighted by atomic mass is 9.94. The third kappa shape index (κ3) is 4.18. The average Bonchev–Trinajstić information content (AvgIpc) is 3.02. The molecule has 1 amide bonds. The highest BCUT2D eigenvalue weighted by Crippen LogP contribution is 2.26. The van der Waals surface area contributed by atoms with Crippen molar-refractivity contribution >= 4 is 12.4 Å². The van der Waals surface area contributed by atoms with Crippen LogP contribution in [-0.2, 0) is 9.59 Å². The number of imidazole rings is 1. The van der Waals surface area contributed by atoms with Crippen LogP contribution >= 0.6 is 0 Å². The van der Waals surface area contributed by atoms with Gasteiger partial charge in [0.05, 0.1) is 0 Å². The van der Waals surface area contributed by atoms with Crippen LogP contribution in [0, 0.1) is 6.92 Å². The van der Waals surface area contributed by atoms with Crippen molar-refractivity contribution in [1.29, 1.82) is 0 Å². The van der Waals surface area contributed by atoms with Crippen molar-refractivity contribution in [3.05, 3.63) is 42.1 Å². The van der Waals surface area contributed by atoms with E-state index in [2.05, 4.69) is 11.1 Å². The number of carboxylic acid groups (broad SMARTS) is 1. The van der Waals surface area contributed by atoms with E-state index in [9.17, 15) is 4.79 Å². The average molecular weight is 330 g/mol. The van der Waals surface area contributed by atoms with Crippen molar-refractivity contribution in [2.24, 2.45) is 0 Å². The molecule has 0 aliphatic carbocycles. The zero-order chi connectivity index (χ0) is 17.5. The summed E-state index contributed by atoms with van der Waals surface area (Å²) in [6.45, 7) is 4.99. The van der Waals surface area contributed by atoms with Crippen LogP contribution in [0.3, 0.4) is 0 Å². The first kappa shape index (κ1) is 17.7. The lowest BCUT2D eigenvalue weighted by Gasteiger charge is -2.31. The molecule has 7 nitrogen and oxygen atoms in total. The Morgan fingerprint density at radius 2 is 2.17 bits per heavy atom. The van der Waals surface area contributed by atoms with Crippen LogP contribution < -0.4 is 0 Å². The van der Waals surface area contributed by atoms with E-state index >= 15 is 0 Å². The van der Waals surface area contributed by atoms with E-state index in [1.54, 1.807) is 13.1 Å². The number of amides is 1. The second kappa shape index (κ2) is 8.24. The number of piperidine rings is 1. The summed E-state index contributed by atoms with van der Waals surface area (Å²) in [5.74, 6) is 2.30. The van der Waals surface area contributed by atoms with Gasteiger partial charge >= 0.3 is 0 Å². The number of hydrogen-bond donors (Lipinski definition) is 1. The second-order valence-corrected chi connectivity index (χ2v) is 5.67. The Hall–Kier alpha value is -2.70. The van der Waals surface area contributed by atoms with Gasteiger partial charge in [0.2, 0.25) is 5.91 Å². The molecule has 1 atom stereocenters. The molecule has 0 aromatic carbocycles. The molecule has 2 aromatic heterocycles. The van der Waals surface area contributed by atoms with Gasteiger partial charge < -0.3 is 10.0 Å². The summed E-state index contributed by atoms with van der Waals surface area (Å²) in [6, 6.07) is 6.08. The fourth-order valence-electron chi connectivity index (χ4n) is 2.93. The lowest BCUT2D eigenvalue weighted by molar-refractivity contribution is -0.130. The molecule has 0 spiro atoms. The van der Waals surface area contributed by atoms with Gasteiger partial charge in [-0.15, -0.1) is 0 Å². The number of nitrogens with zero attached hydrogens (tertiary/aromatic N) is 4. The Kier molecular flexibility index (Phi) is 6.06. The molecule has 3 heterocycles. The first-order valence-corrected chi connectivity index (χ1v) is 7.87. The first-order chi connectivity index (χ1) is 11.6. The molecule has 1 saturated heterocycles. The first-order valence-electron chi connectivity index (χ1n) is 7.87. The summed E-state index contributed by atoms with van der Waals surface area (Å²) in [5, 5.41) is 6.89. The Bertz CT molecular complexity index is 699. The summed E-state index contributed by atoms with van der Waals surface area (Å²) in [6.07, 6.45) is 5.83. The molecule has 0 bridgehead atoms. The van der Waals surface area contributed by atoms with Crippen molar-refractivity contribution in [3.63, 3.8) is 0 Å². The molecule has 128 valence electrons. The Labute approximate surface area is 141 Å². The fraction of sp³-hybridized carbons (Fsp3) is 0.412. The Morgan fingerprint density at radius 1 is 1.42 bits per heavy atom. The molecular weight excluding hydrogens is 308 g/mol. The number of likely N-dealkylation sites (tertiary alicyclic amines) is 1. The summed E-state index contributed by atoms with van der Waals surface area (Å²) in [5.41, 5.74) is 1.06. The minimum Gasteiger partial charge on any atom is -0.483 e. The number of rotatable bonds is 2. The van der Waals surface area contributed by atoms with E-state index in [4.69, 9.17) is 14.9 Å². The number of aryl methyl sites for hydroxylation is 1. The standard InChI is InChI=1S/C16H20N4O.CH2O2/c1-12-17-8-10-20(12)16-7-3-6-15(18-16)14-5-4-9-19(11-14)13(2)21;2-1-3/h3,6-8,10,14H,4-5,9,11H2,1-2H3;1H,(H,2,3). The maximum atomic E-state index is 11.6. The quantitative estimate of drug-likeness (QED) is 0.851. The van der Waals surface area contributed by atoms with Gasteiger partial charge in [-0.2, -0.15) is 0 Å². The second-order valence-electron chi connectivity index (χ2n) is 5.67. The zero-order valence-electron chi connectivity index (χ0n) is 13.9. The summed E-state index contributed by atoms with van der Waals surface area (Å²) < 4.78 is 1.98. The Morgan fingerprint density at radius 3 is 2.79 bits per heavy atom. The van der Waals surface area contributed by atoms with Gasteiger partial charge in [-0.3, -0.25) is 14.2 Å². The third-order valence-electron chi connectivity index (χ3n) is 4.11. The van der Waals surface area contributed by atoms with Gasteiger partial charge in [0.1, 0.15) is 11.6 Å². The van der Waals surface area contributed by atoms with Crippen LogP contribution in [0.2, 0.25) is 0 Å². The van der Waals surface area contributed by atoms with E-state index < -0.39 is 0 Å². The fourth-order valence-corrected chi connectivity index (χ4v) is 2.93. The van der Waals surface area contributed by atoms with Crippen molar-refractivity contribution in [2.75, 3.05) is 13.1 Å². The molecule has 1 aliphatic rings. The van der Waals surface area contributed by atoms with Gasteiger partial charge in [0.25, 0.3) is 6.47 Å². The minimum absolute atomic E-state index is 0.154. The van der Waals surface area contributed by atoms with E-state index in [1.807, 2.05) is 34.7 Å². The van der Waals surface area contributed by atoms with Gasteiger partial charge in [-0.1, -0.05) is 6.07 Å². The lowest BCUT2D eigenvalue weighted by Crippen LogP contribution is -2.37. The smallest absolute Gasteiger partial charge is 0.290 e. The molecule has 0 radical (unpaired) electrons. The number of aromatic nitrogens is 3. The zero-order valence-corrected chi connectivity index (χ0v) is 13.9. The third-order valence-corrected chi connectivity index (χ3v) is 4.11. The van der Waals surface area contributed by atoms with Crippen molar-refractivity contribution in [2.45, 2.75) is 32.6 Å². The topological polar surface area (TPSA) is 88.3 Å². The predicted octanol–water partition coefficient (Wildman–Crippen LogP) is 2.00. The SMILES string of the molecule is CC(=O)N1CCCC(c2cccc(-n3ccnc3C)n2)C1.O=CO. The molecule has 0 saturated carbocycles. The highest BCUT2D eigenvalue weighted by molar-refractivity contribution is 5.73. The predicted molar refractivity (Wildman–Crippen MR) is 89.0 cm³/mol. The van der Waals surface area contributed by atoms with Crippen molar-refractivity contribution in [3.8, 4) is 5.82 Å². The highest BCUT2D eigenvalue weighted by Gasteiger charge is 2.24. The number of pyridine rings is 1. The van der Waals surface area contributed by atoms with E-state index in [0.717, 1.165) is 43.3 Å². The number of hydrogen-bond acceptors (Lipinski definition) is 4. The molecule has 2 aromatic rings. The van der Waals surface area contributed by atoms with Gasteiger partial charge in [-0.25, -0.2) is 9.97 Å². The van der Waals surface area contributed by atoms with E-state index in [0.29, 0.717) is 5.92 Å². The van der Waals surface area contributed by atoms with Crippen LogP contribution in [0.25, 0.3) is 5.82 Å². The van der Waals surface area contributed by atoms with Crippen LogP contribution in [0.4, 0.5) is 0 Å². The monoisotopic (exact) mass is 330 g/mol. The molecule has 1 N–H and O–H groups in total. The van der Waals surface area contributed by atoms with E-state index in [1.165, 1.54) is 0 Å². The molecule has 3 rings (SSSR count). The van der Waals surface area contributed by atoms with Gasteiger partial charge in [0.15, 0.2) is 0 Å². The summed E-state index contributed by atoms with van der Waals surface area (Å²) in [4.78, 5) is 30.9. The van der Waals surface area contributed by atoms with E-state index in [-0.39, 0.29) is 12.4 Å². The van der Waals surface area contributed by atoms with Crippen LogP contribution in [0.15, 0.2) is 30.6 Å². The van der Waals surface area contributed by atoms with Gasteiger partial charge in [0, 0.05) is 44.0 Å². The highest BCUT2D eigenvalue weighted by atomic mass is 16.3. The van der Waals surface area contributed by atoms with Crippen LogP contribution in [0.1, 0.15) is 37.2 Å². The largest absolute Gasteiger partial charge is 0.483 e. The number of carbonyl (C=O) groups excluding carboxylic acids is 1. The van der Waals surface area contributed by atoms with Crippen molar-refractivity contribution in [1.82, 2.24) is 19.4 Å². The normalized spacial score (nSPS) is 16.9. The Balaban J connectivity index is 0.000000647. The maximum Gasteiger partial charge on any atom is 0.290 e. The molecule has 1 aliphatic heterocycles. The molecule has 24 heavy (non-hydrogen) atoms. The van der Waals surface area contributed by atoms with Crippen molar-refractivity contribution < 1.29 is 14.7 Å². The molecular formula is C17H22N4O3.